The van der Waals surface area contributed by atoms with Crippen molar-refractivity contribution >= 4 is 0 Å². The first-order valence-electron chi connectivity index (χ1n) is 6.46. The van der Waals surface area contributed by atoms with Crippen LogP contribution in [0.15, 0.2) is 60.9 Å². The lowest BCUT2D eigenvalue weighted by atomic mass is 10.1. The van der Waals surface area contributed by atoms with Crippen molar-refractivity contribution in [3.05, 3.63) is 72.3 Å². The number of aromatic nitrogens is 4. The van der Waals surface area contributed by atoms with Crippen molar-refractivity contribution in [2.45, 2.75) is 12.5 Å². The summed E-state index contributed by atoms with van der Waals surface area (Å²) in [5, 5.41) is 8.09. The van der Waals surface area contributed by atoms with Crippen LogP contribution in [-0.2, 0) is 6.42 Å². The first kappa shape index (κ1) is 12.5. The van der Waals surface area contributed by atoms with Crippen LogP contribution >= 0.6 is 0 Å². The molecule has 1 aromatic carbocycles. The fourth-order valence-corrected chi connectivity index (χ4v) is 2.11. The number of para-hydroxylation sites is 1. The van der Waals surface area contributed by atoms with Gasteiger partial charge in [0.1, 0.15) is 0 Å². The van der Waals surface area contributed by atoms with Crippen molar-refractivity contribution in [3.63, 3.8) is 0 Å². The van der Waals surface area contributed by atoms with Gasteiger partial charge < -0.3 is 5.73 Å². The summed E-state index contributed by atoms with van der Waals surface area (Å²) in [6, 6.07) is 15.5. The lowest BCUT2D eigenvalue weighted by Crippen LogP contribution is -2.18. The molecule has 0 aliphatic rings. The first-order valence-corrected chi connectivity index (χ1v) is 6.46. The molecule has 0 aliphatic heterocycles. The van der Waals surface area contributed by atoms with Crippen LogP contribution in [0.2, 0.25) is 0 Å². The summed E-state index contributed by atoms with van der Waals surface area (Å²) in [5.74, 6) is 0. The Morgan fingerprint density at radius 1 is 1.05 bits per heavy atom. The Labute approximate surface area is 117 Å². The van der Waals surface area contributed by atoms with Gasteiger partial charge in [-0.25, -0.2) is 4.68 Å². The minimum atomic E-state index is -0.194. The summed E-state index contributed by atoms with van der Waals surface area (Å²) in [6.07, 6.45) is 4.14. The molecule has 0 aliphatic carbocycles. The van der Waals surface area contributed by atoms with Crippen LogP contribution in [0.5, 0.6) is 0 Å². The van der Waals surface area contributed by atoms with Gasteiger partial charge in [-0.15, -0.1) is 5.10 Å². The molecule has 100 valence electrons. The number of rotatable bonds is 4. The molecule has 0 spiro atoms. The number of hydrogen-bond acceptors (Lipinski definition) is 4. The highest BCUT2D eigenvalue weighted by Gasteiger charge is 2.15. The highest BCUT2D eigenvalue weighted by atomic mass is 15.4. The maximum Gasteiger partial charge on any atom is 0.0816 e. The van der Waals surface area contributed by atoms with Gasteiger partial charge in [-0.2, -0.15) is 0 Å². The second-order valence-electron chi connectivity index (χ2n) is 4.54. The van der Waals surface area contributed by atoms with Gasteiger partial charge in [0.2, 0.25) is 0 Å². The standard InChI is InChI=1S/C15H15N5/c16-14(10-12-6-4-5-9-17-12)15-11-18-19-20(15)13-7-2-1-3-8-13/h1-9,11,14H,10,16H2. The molecule has 0 fully saturated rings. The fraction of sp³-hybridized carbons (Fsp3) is 0.133. The number of nitrogens with two attached hydrogens (primary N) is 1. The quantitative estimate of drug-likeness (QED) is 0.782. The van der Waals surface area contributed by atoms with Crippen LogP contribution in [0.3, 0.4) is 0 Å². The van der Waals surface area contributed by atoms with E-state index in [4.69, 9.17) is 5.73 Å². The van der Waals surface area contributed by atoms with Gasteiger partial charge in [0, 0.05) is 18.3 Å². The molecule has 3 aromatic rings. The Hall–Kier alpha value is -2.53. The van der Waals surface area contributed by atoms with Crippen LogP contribution in [0.25, 0.3) is 5.69 Å². The molecule has 3 rings (SSSR count). The topological polar surface area (TPSA) is 69.6 Å². The zero-order valence-corrected chi connectivity index (χ0v) is 10.9. The number of benzene rings is 1. The summed E-state index contributed by atoms with van der Waals surface area (Å²) in [7, 11) is 0. The second-order valence-corrected chi connectivity index (χ2v) is 4.54. The van der Waals surface area contributed by atoms with Crippen molar-refractivity contribution in [2.24, 2.45) is 5.73 Å². The normalized spacial score (nSPS) is 12.2. The molecule has 0 saturated carbocycles. The molecule has 5 nitrogen and oxygen atoms in total. The maximum absolute atomic E-state index is 6.27. The molecule has 1 unspecified atom stereocenters. The second kappa shape index (κ2) is 5.63. The van der Waals surface area contributed by atoms with Crippen molar-refractivity contribution in [2.75, 3.05) is 0 Å². The molecule has 2 heterocycles. The largest absolute Gasteiger partial charge is 0.322 e. The van der Waals surface area contributed by atoms with Gasteiger partial charge in [0.25, 0.3) is 0 Å². The summed E-state index contributed by atoms with van der Waals surface area (Å²) < 4.78 is 1.77. The Morgan fingerprint density at radius 3 is 2.60 bits per heavy atom. The van der Waals surface area contributed by atoms with Gasteiger partial charge in [-0.3, -0.25) is 4.98 Å². The third kappa shape index (κ3) is 2.57. The minimum absolute atomic E-state index is 0.194. The van der Waals surface area contributed by atoms with Crippen molar-refractivity contribution in [1.29, 1.82) is 0 Å². The zero-order chi connectivity index (χ0) is 13.8. The zero-order valence-electron chi connectivity index (χ0n) is 10.9. The Morgan fingerprint density at radius 2 is 1.85 bits per heavy atom. The van der Waals surface area contributed by atoms with Gasteiger partial charge in [-0.05, 0) is 24.3 Å². The lowest BCUT2D eigenvalue weighted by Gasteiger charge is -2.12. The molecule has 2 N–H and O–H groups in total. The molecule has 20 heavy (non-hydrogen) atoms. The van der Waals surface area contributed by atoms with E-state index >= 15 is 0 Å². The number of nitrogens with zero attached hydrogens (tertiary/aromatic N) is 4. The molecule has 0 amide bonds. The highest BCUT2D eigenvalue weighted by molar-refractivity contribution is 5.32. The molecular weight excluding hydrogens is 250 g/mol. The molecule has 1 atom stereocenters. The van der Waals surface area contributed by atoms with E-state index in [0.29, 0.717) is 6.42 Å². The summed E-state index contributed by atoms with van der Waals surface area (Å²) >= 11 is 0. The first-order chi connectivity index (χ1) is 9.84. The van der Waals surface area contributed by atoms with Gasteiger partial charge in [0.05, 0.1) is 23.6 Å². The number of pyridine rings is 1. The SMILES string of the molecule is NC(Cc1ccccn1)c1cnnn1-c1ccccc1. The van der Waals surface area contributed by atoms with Crippen molar-refractivity contribution in [3.8, 4) is 5.69 Å². The fourth-order valence-electron chi connectivity index (χ4n) is 2.11. The Kier molecular flexibility index (Phi) is 3.52. The van der Waals surface area contributed by atoms with E-state index < -0.39 is 0 Å². The van der Waals surface area contributed by atoms with E-state index in [0.717, 1.165) is 17.1 Å². The summed E-state index contributed by atoms with van der Waals surface area (Å²) in [4.78, 5) is 4.30. The maximum atomic E-state index is 6.27. The van der Waals surface area contributed by atoms with Crippen LogP contribution in [-0.4, -0.2) is 20.0 Å². The third-order valence-electron chi connectivity index (χ3n) is 3.11. The van der Waals surface area contributed by atoms with E-state index in [1.165, 1.54) is 0 Å². The van der Waals surface area contributed by atoms with Crippen LogP contribution in [0, 0.1) is 0 Å². The minimum Gasteiger partial charge on any atom is -0.322 e. The Balaban J connectivity index is 1.86. The molecule has 0 bridgehead atoms. The smallest absolute Gasteiger partial charge is 0.0816 e. The molecule has 5 heteroatoms. The Bertz CT molecular complexity index is 663. The predicted octanol–water partition coefficient (Wildman–Crippen LogP) is 1.90. The monoisotopic (exact) mass is 265 g/mol. The summed E-state index contributed by atoms with van der Waals surface area (Å²) in [6.45, 7) is 0. The average Bonchev–Trinajstić information content (AvgIpc) is 2.99. The summed E-state index contributed by atoms with van der Waals surface area (Å²) in [5.41, 5.74) is 9.06. The van der Waals surface area contributed by atoms with Crippen LogP contribution < -0.4 is 5.73 Å². The molecule has 2 aromatic heterocycles. The van der Waals surface area contributed by atoms with Crippen molar-refractivity contribution < 1.29 is 0 Å². The molecule has 0 radical (unpaired) electrons. The number of hydrogen-bond donors (Lipinski definition) is 1. The lowest BCUT2D eigenvalue weighted by molar-refractivity contribution is 0.641. The van der Waals surface area contributed by atoms with E-state index in [2.05, 4.69) is 15.3 Å². The third-order valence-corrected chi connectivity index (χ3v) is 3.11. The highest BCUT2D eigenvalue weighted by Crippen LogP contribution is 2.17. The van der Waals surface area contributed by atoms with E-state index in [9.17, 15) is 0 Å². The van der Waals surface area contributed by atoms with Gasteiger partial charge in [-0.1, -0.05) is 29.5 Å². The van der Waals surface area contributed by atoms with E-state index in [-0.39, 0.29) is 6.04 Å². The predicted molar refractivity (Wildman–Crippen MR) is 76.2 cm³/mol. The molecular formula is C15H15N5. The van der Waals surface area contributed by atoms with Crippen LogP contribution in [0.1, 0.15) is 17.4 Å². The molecule has 0 saturated heterocycles. The van der Waals surface area contributed by atoms with E-state index in [1.807, 2.05) is 48.5 Å². The van der Waals surface area contributed by atoms with Gasteiger partial charge in [0.15, 0.2) is 0 Å². The van der Waals surface area contributed by atoms with Gasteiger partial charge >= 0.3 is 0 Å². The van der Waals surface area contributed by atoms with Crippen LogP contribution in [0.4, 0.5) is 0 Å². The van der Waals surface area contributed by atoms with E-state index in [1.54, 1.807) is 17.1 Å². The van der Waals surface area contributed by atoms with Crippen molar-refractivity contribution in [1.82, 2.24) is 20.0 Å². The average molecular weight is 265 g/mol.